The summed E-state index contributed by atoms with van der Waals surface area (Å²) in [6.45, 7) is 9.99. The molecule has 1 aliphatic rings. The van der Waals surface area contributed by atoms with Crippen LogP contribution in [-0.2, 0) is 47.8 Å². The van der Waals surface area contributed by atoms with E-state index in [9.17, 15) is 68.4 Å². The summed E-state index contributed by atoms with van der Waals surface area (Å²) in [6.07, 6.45) is -1.11. The Kier molecular flexibility index (Phi) is 21.0. The summed E-state index contributed by atoms with van der Waals surface area (Å²) < 4.78 is 10.8. The highest BCUT2D eigenvalue weighted by Gasteiger charge is 2.39. The number of carbonyl (C=O) groups is 10. The van der Waals surface area contributed by atoms with Gasteiger partial charge in [0, 0.05) is 37.6 Å². The van der Waals surface area contributed by atoms with E-state index in [-0.39, 0.29) is 48.7 Å². The third kappa shape index (κ3) is 16.9. The fourth-order valence-corrected chi connectivity index (χ4v) is 6.86. The number of anilines is 2. The van der Waals surface area contributed by atoms with Gasteiger partial charge in [0.2, 0.25) is 47.0 Å². The highest BCUT2D eigenvalue weighted by molar-refractivity contribution is 6.33. The van der Waals surface area contributed by atoms with Crippen molar-refractivity contribution in [3.63, 3.8) is 0 Å². The number of phenolic OH excluding ortho intramolecular Hbond substituents is 2. The van der Waals surface area contributed by atoms with Gasteiger partial charge in [0.05, 0.1) is 60.4 Å². The fraction of sp³-hybridized carbons (Fsp3) is 0.522. The number of amides is 6. The zero-order valence-electron chi connectivity index (χ0n) is 41.3. The maximum absolute atomic E-state index is 14.2. The van der Waals surface area contributed by atoms with Crippen LogP contribution in [0.25, 0.3) is 0 Å². The van der Waals surface area contributed by atoms with E-state index in [0.717, 1.165) is 12.1 Å². The predicted molar refractivity (Wildman–Crippen MR) is 256 cm³/mol. The van der Waals surface area contributed by atoms with Crippen LogP contribution in [0.1, 0.15) is 100 Å². The first-order valence-corrected chi connectivity index (χ1v) is 22.7. The summed E-state index contributed by atoms with van der Waals surface area (Å²) in [5.74, 6) is -10.00. The number of carbonyl (C=O) groups excluding carboxylic acids is 10. The Labute approximate surface area is 414 Å². The number of rotatable bonds is 26. The van der Waals surface area contributed by atoms with Crippen molar-refractivity contribution >= 4 is 70.3 Å². The predicted octanol–water partition coefficient (Wildman–Crippen LogP) is -2.99. The number of aliphatic hydroxyl groups excluding tert-OH is 2. The largest absolute Gasteiger partial charge is 0.507 e. The smallest absolute Gasteiger partial charge is 0.308 e. The van der Waals surface area contributed by atoms with Crippen LogP contribution in [0.4, 0.5) is 11.4 Å². The molecule has 2 aromatic carbocycles. The summed E-state index contributed by atoms with van der Waals surface area (Å²) in [4.78, 5) is 130. The zero-order chi connectivity index (χ0) is 54.4. The molecule has 6 amide bonds. The molecule has 0 aromatic heterocycles. The molecule has 396 valence electrons. The standard InChI is InChI=1S/C46H66N10O16/c1-21(39(47)65)53-43(69)27(19-57)55-41(67)25(17-31(61)71-45(3,4)5)51-15-13-49-23-9-10-24(34-33(23)37(63)35-29(59)11-12-30(60)36(35)38(34)64)50-14-16-52-26(18-32(62)72-46(6,7)8)42(68)56-28(20-58)44(70)54-22(2)40(48)66/h9-12,21-22,25-28,49-52,57-60H,13-20H2,1-8H3,(H2,47,65)(H2,48,66)(H,53,69)(H,54,70)(H,55,67)(H,56,68)/t21-,22-,25-,26-,27-,28-/m0/s1. The third-order valence-corrected chi connectivity index (χ3v) is 10.4. The molecule has 0 aliphatic heterocycles. The molecule has 0 fully saturated rings. The van der Waals surface area contributed by atoms with E-state index >= 15 is 0 Å². The monoisotopic (exact) mass is 1010 g/mol. The van der Waals surface area contributed by atoms with E-state index in [1.54, 1.807) is 41.5 Å². The molecule has 1 aliphatic carbocycles. The molecule has 0 spiro atoms. The number of aromatic hydroxyl groups is 2. The SMILES string of the molecule is C[C@H](NC(=O)[C@H](CO)NC(=O)[C@H](CC(=O)OC(C)(C)C)NCCNc1ccc(NCCN[C@@H](CC(=O)OC(C)(C)C)C(=O)N[C@@H](CO)C(=O)N[C@@H](C)C(N)=O)c2c1C(=O)c1c(O)ccc(O)c1C2=O)C(N)=O. The molecule has 0 bridgehead atoms. The first-order valence-electron chi connectivity index (χ1n) is 22.7. The first-order chi connectivity index (χ1) is 33.5. The summed E-state index contributed by atoms with van der Waals surface area (Å²) in [5, 5.41) is 62.2. The van der Waals surface area contributed by atoms with E-state index in [4.69, 9.17) is 20.9 Å². The van der Waals surface area contributed by atoms with Crippen LogP contribution in [0.15, 0.2) is 24.3 Å². The molecule has 26 heteroatoms. The van der Waals surface area contributed by atoms with Gasteiger partial charge in [-0.2, -0.15) is 0 Å². The fourth-order valence-electron chi connectivity index (χ4n) is 6.86. The summed E-state index contributed by atoms with van der Waals surface area (Å²) in [5.41, 5.74) is 7.20. The molecule has 16 N–H and O–H groups in total. The van der Waals surface area contributed by atoms with Crippen molar-refractivity contribution in [1.82, 2.24) is 31.9 Å². The van der Waals surface area contributed by atoms with Crippen LogP contribution in [-0.4, -0.2) is 166 Å². The van der Waals surface area contributed by atoms with Gasteiger partial charge in [-0.15, -0.1) is 0 Å². The van der Waals surface area contributed by atoms with Gasteiger partial charge in [0.15, 0.2) is 0 Å². The average molecular weight is 1020 g/mol. The second-order valence-corrected chi connectivity index (χ2v) is 18.6. The number of nitrogens with one attached hydrogen (secondary N) is 8. The Balaban J connectivity index is 1.90. The molecule has 72 heavy (non-hydrogen) atoms. The minimum absolute atomic E-state index is 0.0535. The summed E-state index contributed by atoms with van der Waals surface area (Å²) in [6, 6.07) is -3.22. The highest BCUT2D eigenvalue weighted by Crippen LogP contribution is 2.42. The van der Waals surface area contributed by atoms with Gasteiger partial charge in [-0.3, -0.25) is 47.9 Å². The Bertz CT molecular complexity index is 2240. The average Bonchev–Trinajstić information content (AvgIpc) is 3.27. The number of fused-ring (bicyclic) bond motifs is 2. The molecule has 6 atom stereocenters. The number of nitrogens with two attached hydrogens (primary N) is 2. The lowest BCUT2D eigenvalue weighted by Crippen LogP contribution is -2.57. The van der Waals surface area contributed by atoms with Crippen molar-refractivity contribution in [2.75, 3.05) is 50.0 Å². The lowest BCUT2D eigenvalue weighted by atomic mass is 9.81. The molecule has 3 rings (SSSR count). The van der Waals surface area contributed by atoms with E-state index in [1.807, 2.05) is 0 Å². The Morgan fingerprint density at radius 2 is 0.833 bits per heavy atom. The Morgan fingerprint density at radius 1 is 0.514 bits per heavy atom. The van der Waals surface area contributed by atoms with Crippen LogP contribution >= 0.6 is 0 Å². The lowest BCUT2D eigenvalue weighted by Gasteiger charge is -2.26. The molecular weight excluding hydrogens is 949 g/mol. The Hall–Kier alpha value is -7.42. The van der Waals surface area contributed by atoms with Crippen molar-refractivity contribution in [1.29, 1.82) is 0 Å². The molecule has 0 saturated carbocycles. The molecule has 0 unspecified atom stereocenters. The van der Waals surface area contributed by atoms with Crippen molar-refractivity contribution in [2.24, 2.45) is 11.5 Å². The minimum Gasteiger partial charge on any atom is -0.507 e. The lowest BCUT2D eigenvalue weighted by molar-refractivity contribution is -0.157. The van der Waals surface area contributed by atoms with Crippen LogP contribution in [0.5, 0.6) is 11.5 Å². The highest BCUT2D eigenvalue weighted by atomic mass is 16.6. The van der Waals surface area contributed by atoms with Gasteiger partial charge in [-0.1, -0.05) is 0 Å². The first kappa shape index (κ1) is 58.9. The number of esters is 2. The van der Waals surface area contributed by atoms with Gasteiger partial charge in [-0.05, 0) is 79.7 Å². The van der Waals surface area contributed by atoms with Crippen molar-refractivity contribution in [3.05, 3.63) is 46.5 Å². The van der Waals surface area contributed by atoms with Gasteiger partial charge < -0.3 is 83.9 Å². The van der Waals surface area contributed by atoms with Crippen molar-refractivity contribution in [3.8, 4) is 11.5 Å². The topological polar surface area (TPSA) is 418 Å². The molecule has 2 aromatic rings. The van der Waals surface area contributed by atoms with Crippen LogP contribution in [0.2, 0.25) is 0 Å². The quantitative estimate of drug-likeness (QED) is 0.0217. The number of aliphatic hydroxyl groups is 2. The third-order valence-electron chi connectivity index (χ3n) is 10.4. The second-order valence-electron chi connectivity index (χ2n) is 18.6. The normalized spacial score (nSPS) is 14.6. The van der Waals surface area contributed by atoms with Gasteiger partial charge in [0.25, 0.3) is 0 Å². The van der Waals surface area contributed by atoms with E-state index in [1.165, 1.54) is 26.0 Å². The molecule has 26 nitrogen and oxygen atoms in total. The number of hydrogen-bond acceptors (Lipinski definition) is 20. The minimum atomic E-state index is -1.56. The second kappa shape index (κ2) is 25.6. The maximum Gasteiger partial charge on any atom is 0.308 e. The molecule has 0 heterocycles. The number of phenols is 2. The number of hydrogen-bond donors (Lipinski definition) is 14. The van der Waals surface area contributed by atoms with Crippen molar-refractivity contribution < 1.29 is 77.8 Å². The molecule has 0 saturated heterocycles. The van der Waals surface area contributed by atoms with Crippen LogP contribution in [0.3, 0.4) is 0 Å². The van der Waals surface area contributed by atoms with Crippen molar-refractivity contribution in [2.45, 2.75) is 116 Å². The number of ether oxygens (including phenoxy) is 2. The van der Waals surface area contributed by atoms with E-state index in [0.29, 0.717) is 0 Å². The molecular formula is C46H66N10O16. The Morgan fingerprint density at radius 3 is 1.12 bits per heavy atom. The number of benzene rings is 2. The number of ketones is 2. The van der Waals surface area contributed by atoms with Crippen LogP contribution in [0, 0.1) is 0 Å². The van der Waals surface area contributed by atoms with Gasteiger partial charge >= 0.3 is 11.9 Å². The van der Waals surface area contributed by atoms with Gasteiger partial charge in [0.1, 0.15) is 46.9 Å². The van der Waals surface area contributed by atoms with Crippen LogP contribution < -0.4 is 54.0 Å². The van der Waals surface area contributed by atoms with E-state index < -0.39 is 155 Å². The summed E-state index contributed by atoms with van der Waals surface area (Å²) >= 11 is 0. The maximum atomic E-state index is 14.2. The summed E-state index contributed by atoms with van der Waals surface area (Å²) in [7, 11) is 0. The molecule has 0 radical (unpaired) electrons. The number of primary amides is 2. The van der Waals surface area contributed by atoms with Gasteiger partial charge in [-0.25, -0.2) is 0 Å². The zero-order valence-corrected chi connectivity index (χ0v) is 41.3. The van der Waals surface area contributed by atoms with E-state index in [2.05, 4.69) is 42.5 Å².